The van der Waals surface area contributed by atoms with Crippen molar-refractivity contribution in [1.82, 2.24) is 0 Å². The number of fused-ring (bicyclic) bond motifs is 1. The molecule has 3 rings (SSSR count). The normalized spacial score (nSPS) is 18.4. The van der Waals surface area contributed by atoms with Crippen molar-refractivity contribution in [1.29, 1.82) is 0 Å². The molecule has 0 spiro atoms. The zero-order valence-corrected chi connectivity index (χ0v) is 11.2. The van der Waals surface area contributed by atoms with Crippen molar-refractivity contribution in [3.8, 4) is 0 Å². The topological polar surface area (TPSA) is 29.1 Å². The van der Waals surface area contributed by atoms with Gasteiger partial charge in [0.25, 0.3) is 0 Å². The average molecular weight is 272 g/mol. The standard InChI is InChI=1S/C16H14ClNO/c17-13-8-5-11(6-9-13)14-10-7-12-3-1-2-4-15(12)18-16(14)19/h1-6,8-9,14H,7,10H2,(H,18,19)/t14-/m1/s1. The molecule has 19 heavy (non-hydrogen) atoms. The van der Waals surface area contributed by atoms with E-state index < -0.39 is 0 Å². The second-order valence-electron chi connectivity index (χ2n) is 4.79. The van der Waals surface area contributed by atoms with Crippen molar-refractivity contribution < 1.29 is 4.79 Å². The molecule has 0 fully saturated rings. The van der Waals surface area contributed by atoms with E-state index in [4.69, 9.17) is 11.6 Å². The number of hydrogen-bond acceptors (Lipinski definition) is 1. The fourth-order valence-electron chi connectivity index (χ4n) is 2.52. The van der Waals surface area contributed by atoms with Crippen LogP contribution in [0.25, 0.3) is 0 Å². The highest BCUT2D eigenvalue weighted by Crippen LogP contribution is 2.30. The Morgan fingerprint density at radius 2 is 1.79 bits per heavy atom. The molecule has 1 aliphatic rings. The average Bonchev–Trinajstić information content (AvgIpc) is 2.58. The number of halogens is 1. The SMILES string of the molecule is O=C1Nc2ccccc2CC[C@@H]1c1ccc(Cl)cc1. The van der Waals surface area contributed by atoms with Crippen LogP contribution in [0.3, 0.4) is 0 Å². The van der Waals surface area contributed by atoms with Crippen LogP contribution in [-0.2, 0) is 11.2 Å². The predicted molar refractivity (Wildman–Crippen MR) is 77.6 cm³/mol. The van der Waals surface area contributed by atoms with E-state index in [-0.39, 0.29) is 11.8 Å². The Labute approximate surface area is 117 Å². The van der Waals surface area contributed by atoms with E-state index in [1.165, 1.54) is 5.56 Å². The second kappa shape index (κ2) is 5.06. The molecule has 96 valence electrons. The summed E-state index contributed by atoms with van der Waals surface area (Å²) in [6.45, 7) is 0. The molecule has 3 heteroatoms. The van der Waals surface area contributed by atoms with Crippen LogP contribution in [-0.4, -0.2) is 5.91 Å². The maximum Gasteiger partial charge on any atom is 0.231 e. The molecule has 1 aliphatic heterocycles. The highest BCUT2D eigenvalue weighted by Gasteiger charge is 2.24. The maximum atomic E-state index is 12.3. The van der Waals surface area contributed by atoms with Gasteiger partial charge in [0, 0.05) is 10.7 Å². The van der Waals surface area contributed by atoms with Crippen LogP contribution in [0.15, 0.2) is 48.5 Å². The fourth-order valence-corrected chi connectivity index (χ4v) is 2.65. The van der Waals surface area contributed by atoms with Crippen LogP contribution < -0.4 is 5.32 Å². The third-order valence-corrected chi connectivity index (χ3v) is 3.82. The third kappa shape index (κ3) is 2.49. The molecule has 0 radical (unpaired) electrons. The summed E-state index contributed by atoms with van der Waals surface area (Å²) in [7, 11) is 0. The van der Waals surface area contributed by atoms with Crippen molar-refractivity contribution in [2.24, 2.45) is 0 Å². The lowest BCUT2D eigenvalue weighted by atomic mass is 9.93. The summed E-state index contributed by atoms with van der Waals surface area (Å²) in [6, 6.07) is 15.5. The van der Waals surface area contributed by atoms with Crippen molar-refractivity contribution in [2.75, 3.05) is 5.32 Å². The number of hydrogen-bond donors (Lipinski definition) is 1. The summed E-state index contributed by atoms with van der Waals surface area (Å²) in [5, 5.41) is 3.71. The molecule has 0 saturated carbocycles. The molecule has 0 aliphatic carbocycles. The van der Waals surface area contributed by atoms with Crippen LogP contribution in [0, 0.1) is 0 Å². The number of carbonyl (C=O) groups excluding carboxylic acids is 1. The Kier molecular flexibility index (Phi) is 3.26. The highest BCUT2D eigenvalue weighted by molar-refractivity contribution is 6.30. The van der Waals surface area contributed by atoms with Crippen LogP contribution in [0.2, 0.25) is 5.02 Å². The third-order valence-electron chi connectivity index (χ3n) is 3.57. The molecule has 0 unspecified atom stereocenters. The summed E-state index contributed by atoms with van der Waals surface area (Å²) in [5.74, 6) is -0.0445. The largest absolute Gasteiger partial charge is 0.325 e. The van der Waals surface area contributed by atoms with E-state index in [0.717, 1.165) is 24.1 Å². The highest BCUT2D eigenvalue weighted by atomic mass is 35.5. The van der Waals surface area contributed by atoms with Crippen LogP contribution in [0.4, 0.5) is 5.69 Å². The van der Waals surface area contributed by atoms with Gasteiger partial charge in [-0.2, -0.15) is 0 Å². The van der Waals surface area contributed by atoms with Crippen molar-refractivity contribution >= 4 is 23.2 Å². The molecule has 0 bridgehead atoms. The summed E-state index contributed by atoms with van der Waals surface area (Å²) in [6.07, 6.45) is 1.73. The summed E-state index contributed by atoms with van der Waals surface area (Å²) >= 11 is 5.89. The Hall–Kier alpha value is -1.80. The monoisotopic (exact) mass is 271 g/mol. The van der Waals surface area contributed by atoms with Gasteiger partial charge in [-0.3, -0.25) is 4.79 Å². The minimum Gasteiger partial charge on any atom is -0.325 e. The molecule has 0 saturated heterocycles. The molecule has 1 amide bonds. The molecule has 2 aromatic rings. The number of carbonyl (C=O) groups is 1. The van der Waals surface area contributed by atoms with Gasteiger partial charge in [0.15, 0.2) is 0 Å². The minimum atomic E-state index is -0.107. The molecular weight excluding hydrogens is 258 g/mol. The first-order valence-electron chi connectivity index (χ1n) is 6.38. The van der Waals surface area contributed by atoms with E-state index >= 15 is 0 Å². The first-order valence-corrected chi connectivity index (χ1v) is 6.76. The van der Waals surface area contributed by atoms with Gasteiger partial charge in [0.1, 0.15) is 0 Å². The molecular formula is C16H14ClNO. The minimum absolute atomic E-state index is 0.0623. The number of anilines is 1. The first-order chi connectivity index (χ1) is 9.24. The van der Waals surface area contributed by atoms with Gasteiger partial charge in [0.2, 0.25) is 5.91 Å². The second-order valence-corrected chi connectivity index (χ2v) is 5.23. The Balaban J connectivity index is 1.90. The fraction of sp³-hybridized carbons (Fsp3) is 0.188. The number of para-hydroxylation sites is 1. The Morgan fingerprint density at radius 3 is 2.58 bits per heavy atom. The van der Waals surface area contributed by atoms with Crippen molar-refractivity contribution in [2.45, 2.75) is 18.8 Å². The van der Waals surface area contributed by atoms with E-state index in [2.05, 4.69) is 11.4 Å². The van der Waals surface area contributed by atoms with Crippen molar-refractivity contribution in [3.05, 3.63) is 64.7 Å². The summed E-state index contributed by atoms with van der Waals surface area (Å²) in [4.78, 5) is 12.3. The van der Waals surface area contributed by atoms with Crippen LogP contribution in [0.5, 0.6) is 0 Å². The summed E-state index contributed by atoms with van der Waals surface area (Å²) in [5.41, 5.74) is 3.16. The molecule has 2 aromatic carbocycles. The molecule has 1 heterocycles. The lowest BCUT2D eigenvalue weighted by Gasteiger charge is -2.13. The van der Waals surface area contributed by atoms with Crippen LogP contribution >= 0.6 is 11.6 Å². The number of aryl methyl sites for hydroxylation is 1. The van der Waals surface area contributed by atoms with E-state index in [0.29, 0.717) is 5.02 Å². The van der Waals surface area contributed by atoms with Crippen LogP contribution in [0.1, 0.15) is 23.5 Å². The lowest BCUT2D eigenvalue weighted by molar-refractivity contribution is -0.117. The summed E-state index contributed by atoms with van der Waals surface area (Å²) < 4.78 is 0. The molecule has 2 nitrogen and oxygen atoms in total. The Morgan fingerprint density at radius 1 is 1.05 bits per heavy atom. The number of benzene rings is 2. The van der Waals surface area contributed by atoms with Gasteiger partial charge in [-0.25, -0.2) is 0 Å². The molecule has 1 N–H and O–H groups in total. The smallest absolute Gasteiger partial charge is 0.231 e. The zero-order chi connectivity index (χ0) is 13.2. The number of amides is 1. The van der Waals surface area contributed by atoms with Gasteiger partial charge in [0.05, 0.1) is 5.92 Å². The van der Waals surface area contributed by atoms with E-state index in [9.17, 15) is 4.79 Å². The first kappa shape index (κ1) is 12.2. The van der Waals surface area contributed by atoms with Gasteiger partial charge in [-0.1, -0.05) is 41.9 Å². The van der Waals surface area contributed by atoms with Gasteiger partial charge in [-0.05, 0) is 42.2 Å². The van der Waals surface area contributed by atoms with Crippen molar-refractivity contribution in [3.63, 3.8) is 0 Å². The van der Waals surface area contributed by atoms with E-state index in [1.54, 1.807) is 0 Å². The zero-order valence-electron chi connectivity index (χ0n) is 10.4. The lowest BCUT2D eigenvalue weighted by Crippen LogP contribution is -2.19. The Bertz CT molecular complexity index is 606. The predicted octanol–water partition coefficient (Wildman–Crippen LogP) is 4.01. The van der Waals surface area contributed by atoms with Gasteiger partial charge in [-0.15, -0.1) is 0 Å². The quantitative estimate of drug-likeness (QED) is 0.834. The molecule has 1 atom stereocenters. The number of rotatable bonds is 1. The molecule has 0 aromatic heterocycles. The van der Waals surface area contributed by atoms with Gasteiger partial charge >= 0.3 is 0 Å². The van der Waals surface area contributed by atoms with E-state index in [1.807, 2.05) is 42.5 Å². The maximum absolute atomic E-state index is 12.3. The number of nitrogens with one attached hydrogen (secondary N) is 1. The van der Waals surface area contributed by atoms with Gasteiger partial charge < -0.3 is 5.32 Å².